The molecule has 4 heteroatoms. The van der Waals surface area contributed by atoms with Gasteiger partial charge in [-0.05, 0) is 30.4 Å². The van der Waals surface area contributed by atoms with Crippen molar-refractivity contribution in [3.63, 3.8) is 0 Å². The van der Waals surface area contributed by atoms with Gasteiger partial charge in [0.1, 0.15) is 0 Å². The normalized spacial score (nSPS) is 16.0. The summed E-state index contributed by atoms with van der Waals surface area (Å²) in [4.78, 5) is 13.1. The first kappa shape index (κ1) is 19.2. The molecule has 2 N–H and O–H groups in total. The van der Waals surface area contributed by atoms with Crippen LogP contribution in [0.5, 0.6) is 0 Å². The van der Waals surface area contributed by atoms with Gasteiger partial charge in [0.15, 0.2) is 0 Å². The molecule has 1 amide bonds. The molecule has 0 aliphatic carbocycles. The summed E-state index contributed by atoms with van der Waals surface area (Å²) in [6, 6.07) is 21.4. The third-order valence-corrected chi connectivity index (χ3v) is 5.22. The van der Waals surface area contributed by atoms with Crippen molar-refractivity contribution in [3.05, 3.63) is 83.9 Å². The molecule has 1 aliphatic rings. The van der Waals surface area contributed by atoms with E-state index in [1.165, 1.54) is 11.1 Å². The lowest BCUT2D eigenvalue weighted by Gasteiger charge is -2.30. The topological polar surface area (TPSA) is 52.6 Å². The minimum absolute atomic E-state index is 0.100. The monoisotopic (exact) mass is 364 g/mol. The van der Waals surface area contributed by atoms with Crippen molar-refractivity contribution in [2.45, 2.75) is 31.2 Å². The smallest absolute Gasteiger partial charge is 0.404 e. The van der Waals surface area contributed by atoms with Gasteiger partial charge in [0.2, 0.25) is 0 Å². The van der Waals surface area contributed by atoms with Crippen molar-refractivity contribution < 1.29 is 9.90 Å². The van der Waals surface area contributed by atoms with Crippen LogP contribution in [0.15, 0.2) is 72.8 Å². The Labute approximate surface area is 161 Å². The molecule has 1 aliphatic heterocycles. The summed E-state index contributed by atoms with van der Waals surface area (Å²) in [5, 5.41) is 11.4. The molecular weight excluding hydrogens is 336 g/mol. The zero-order chi connectivity index (χ0) is 18.9. The van der Waals surface area contributed by atoms with E-state index in [0.29, 0.717) is 5.92 Å². The van der Waals surface area contributed by atoms with Crippen LogP contribution in [0.3, 0.4) is 0 Å². The number of hydrogen-bond donors (Lipinski definition) is 2. The van der Waals surface area contributed by atoms with E-state index >= 15 is 0 Å². The average molecular weight is 364 g/mol. The van der Waals surface area contributed by atoms with Crippen LogP contribution in [0.4, 0.5) is 4.79 Å². The summed E-state index contributed by atoms with van der Waals surface area (Å²) in [6.07, 6.45) is 6.37. The second kappa shape index (κ2) is 9.93. The highest BCUT2D eigenvalue weighted by molar-refractivity contribution is 5.64. The summed E-state index contributed by atoms with van der Waals surface area (Å²) in [5.41, 5.74) is 2.68. The number of nitrogens with zero attached hydrogens (tertiary/aromatic N) is 1. The molecule has 0 unspecified atom stereocenters. The van der Waals surface area contributed by atoms with E-state index in [1.54, 1.807) is 0 Å². The van der Waals surface area contributed by atoms with E-state index in [0.717, 1.165) is 38.9 Å². The van der Waals surface area contributed by atoms with Crippen LogP contribution in [-0.2, 0) is 0 Å². The van der Waals surface area contributed by atoms with E-state index in [2.05, 4.69) is 83.0 Å². The van der Waals surface area contributed by atoms with Crippen molar-refractivity contribution in [3.8, 4) is 0 Å². The Morgan fingerprint density at radius 1 is 1.00 bits per heavy atom. The molecular formula is C23H28N2O2. The zero-order valence-electron chi connectivity index (χ0n) is 15.6. The number of benzene rings is 2. The first-order valence-electron chi connectivity index (χ1n) is 9.69. The minimum Gasteiger partial charge on any atom is -0.465 e. The molecule has 2 aromatic rings. The maximum atomic E-state index is 10.7. The maximum absolute atomic E-state index is 10.7. The second-order valence-electron chi connectivity index (χ2n) is 7.11. The number of likely N-dealkylation sites (tertiary alicyclic amines) is 1. The fraction of sp³-hybridized carbons (Fsp3) is 0.348. The van der Waals surface area contributed by atoms with E-state index in [9.17, 15) is 4.79 Å². The summed E-state index contributed by atoms with van der Waals surface area (Å²) in [6.45, 7) is 2.81. The number of nitrogens with one attached hydrogen (secondary N) is 1. The number of rotatable bonds is 7. The Kier molecular flexibility index (Phi) is 7.05. The van der Waals surface area contributed by atoms with Crippen LogP contribution in [-0.4, -0.2) is 41.8 Å². The fourth-order valence-corrected chi connectivity index (χ4v) is 3.73. The molecule has 1 saturated heterocycles. The van der Waals surface area contributed by atoms with E-state index < -0.39 is 6.09 Å². The van der Waals surface area contributed by atoms with Gasteiger partial charge < -0.3 is 10.4 Å². The van der Waals surface area contributed by atoms with Crippen molar-refractivity contribution in [1.82, 2.24) is 10.2 Å². The largest absolute Gasteiger partial charge is 0.465 e. The molecule has 0 saturated carbocycles. The average Bonchev–Trinajstić information content (AvgIpc) is 2.70. The summed E-state index contributed by atoms with van der Waals surface area (Å²) in [5.74, 6) is 0.370. The molecule has 4 nitrogen and oxygen atoms in total. The molecule has 0 radical (unpaired) electrons. The van der Waals surface area contributed by atoms with Crippen molar-refractivity contribution in [1.29, 1.82) is 0 Å². The third-order valence-electron chi connectivity index (χ3n) is 5.22. The molecule has 0 bridgehead atoms. The molecule has 0 atom stereocenters. The Morgan fingerprint density at radius 3 is 2.07 bits per heavy atom. The van der Waals surface area contributed by atoms with E-state index in [-0.39, 0.29) is 6.04 Å². The van der Waals surface area contributed by atoms with Crippen molar-refractivity contribution in [2.75, 3.05) is 19.6 Å². The van der Waals surface area contributed by atoms with E-state index in [1.807, 2.05) is 0 Å². The highest BCUT2D eigenvalue weighted by Crippen LogP contribution is 2.28. The number of hydrogen-bond acceptors (Lipinski definition) is 2. The summed E-state index contributed by atoms with van der Waals surface area (Å²) >= 11 is 0. The number of carboxylic acid groups (broad SMARTS) is 1. The highest BCUT2D eigenvalue weighted by Gasteiger charge is 2.19. The molecule has 0 spiro atoms. The molecule has 0 aromatic heterocycles. The number of piperidine rings is 1. The van der Waals surface area contributed by atoms with Gasteiger partial charge >= 0.3 is 6.09 Å². The second-order valence-corrected chi connectivity index (χ2v) is 7.11. The molecule has 1 fully saturated rings. The van der Waals surface area contributed by atoms with Gasteiger partial charge in [0.05, 0.1) is 0 Å². The van der Waals surface area contributed by atoms with Crippen LogP contribution in [0.25, 0.3) is 0 Å². The van der Waals surface area contributed by atoms with Crippen LogP contribution in [0.2, 0.25) is 0 Å². The van der Waals surface area contributed by atoms with Gasteiger partial charge in [0.25, 0.3) is 0 Å². The van der Waals surface area contributed by atoms with Crippen molar-refractivity contribution in [2.24, 2.45) is 0 Å². The highest BCUT2D eigenvalue weighted by atomic mass is 16.4. The van der Waals surface area contributed by atoms with E-state index in [4.69, 9.17) is 5.11 Å². The molecule has 1 heterocycles. The predicted octanol–water partition coefficient (Wildman–Crippen LogP) is 4.50. The first-order chi connectivity index (χ1) is 13.2. The minimum atomic E-state index is -0.916. The van der Waals surface area contributed by atoms with Crippen LogP contribution in [0.1, 0.15) is 36.3 Å². The number of allylic oxidation sites excluding steroid dienone is 1. The Hall–Kier alpha value is -2.59. The lowest BCUT2D eigenvalue weighted by Crippen LogP contribution is -2.44. The van der Waals surface area contributed by atoms with Gasteiger partial charge in [-0.2, -0.15) is 0 Å². The standard InChI is InChI=1S/C23H28N2O2/c26-23(27)24-21-14-17-25(18-15-21)16-8-7-13-22(19-9-3-1-4-10-19)20-11-5-2-6-12-20/h1-12,21-22,24H,13-18H2,(H,26,27)/b8-7+. The summed E-state index contributed by atoms with van der Waals surface area (Å²) in [7, 11) is 0. The molecule has 3 rings (SSSR count). The fourth-order valence-electron chi connectivity index (χ4n) is 3.73. The van der Waals surface area contributed by atoms with Gasteiger partial charge in [-0.1, -0.05) is 72.8 Å². The first-order valence-corrected chi connectivity index (χ1v) is 9.69. The predicted molar refractivity (Wildman–Crippen MR) is 109 cm³/mol. The van der Waals surface area contributed by atoms with Crippen LogP contribution >= 0.6 is 0 Å². The quantitative estimate of drug-likeness (QED) is 0.712. The third kappa shape index (κ3) is 5.97. The van der Waals surface area contributed by atoms with Crippen molar-refractivity contribution >= 4 is 6.09 Å². The maximum Gasteiger partial charge on any atom is 0.404 e. The Morgan fingerprint density at radius 2 is 1.56 bits per heavy atom. The zero-order valence-corrected chi connectivity index (χ0v) is 15.6. The van der Waals surface area contributed by atoms with Gasteiger partial charge in [-0.15, -0.1) is 0 Å². The van der Waals surface area contributed by atoms with Crippen LogP contribution < -0.4 is 5.32 Å². The summed E-state index contributed by atoms with van der Waals surface area (Å²) < 4.78 is 0. The molecule has 2 aromatic carbocycles. The lowest BCUT2D eigenvalue weighted by atomic mass is 9.88. The molecule has 142 valence electrons. The Balaban J connectivity index is 1.53. The number of amides is 1. The Bertz CT molecular complexity index is 683. The van der Waals surface area contributed by atoms with Gasteiger partial charge in [0, 0.05) is 31.6 Å². The molecule has 27 heavy (non-hydrogen) atoms. The van der Waals surface area contributed by atoms with Crippen LogP contribution in [0, 0.1) is 0 Å². The SMILES string of the molecule is O=C(O)NC1CCN(C/C=C/CC(c2ccccc2)c2ccccc2)CC1. The number of carbonyl (C=O) groups is 1. The van der Waals surface area contributed by atoms with Gasteiger partial charge in [-0.3, -0.25) is 4.90 Å². The van der Waals surface area contributed by atoms with Gasteiger partial charge in [-0.25, -0.2) is 4.79 Å². The lowest BCUT2D eigenvalue weighted by molar-refractivity contribution is 0.173.